The number of hydrogen-bond donors (Lipinski definition) is 1. The van der Waals surface area contributed by atoms with Gasteiger partial charge in [0.15, 0.2) is 0 Å². The summed E-state index contributed by atoms with van der Waals surface area (Å²) in [5.41, 5.74) is 0.658. The third kappa shape index (κ3) is 4.83. The summed E-state index contributed by atoms with van der Waals surface area (Å²) in [6.45, 7) is -0.147. The maximum atomic E-state index is 13.1. The molecular weight excluding hydrogens is 465 g/mol. The van der Waals surface area contributed by atoms with Crippen molar-refractivity contribution in [2.45, 2.75) is 17.3 Å². The number of alkyl halides is 3. The first-order chi connectivity index (χ1) is 15.5. The molecular formula is C20H17F3N4O5S. The Morgan fingerprint density at radius 2 is 1.82 bits per heavy atom. The van der Waals surface area contributed by atoms with Crippen molar-refractivity contribution in [2.24, 2.45) is 0 Å². The quantitative estimate of drug-likeness (QED) is 0.590. The van der Waals surface area contributed by atoms with Crippen LogP contribution in [0.2, 0.25) is 0 Å². The fraction of sp³-hybridized carbons (Fsp3) is 0.250. The minimum Gasteiger partial charge on any atom is -0.480 e. The number of carboxylic acids is 1. The van der Waals surface area contributed by atoms with Gasteiger partial charge >= 0.3 is 12.3 Å². The van der Waals surface area contributed by atoms with E-state index in [0.717, 1.165) is 34.0 Å². The number of carbonyl (C=O) groups is 1. The average molecular weight is 482 g/mol. The largest absolute Gasteiger partial charge is 0.573 e. The number of piperazine rings is 1. The van der Waals surface area contributed by atoms with E-state index in [1.807, 2.05) is 0 Å². The number of aromatic nitrogens is 2. The predicted molar refractivity (Wildman–Crippen MR) is 110 cm³/mol. The van der Waals surface area contributed by atoms with E-state index < -0.39 is 34.1 Å². The molecule has 1 fully saturated rings. The number of fused-ring (bicyclic) bond motifs is 1. The van der Waals surface area contributed by atoms with Crippen LogP contribution >= 0.6 is 0 Å². The third-order valence-electron chi connectivity index (χ3n) is 5.08. The number of benzene rings is 1. The number of halogens is 3. The molecule has 0 aliphatic carbocycles. The lowest BCUT2D eigenvalue weighted by Gasteiger charge is -2.39. The number of rotatable bonds is 5. The minimum atomic E-state index is -4.92. The predicted octanol–water partition coefficient (Wildman–Crippen LogP) is 2.49. The molecule has 0 saturated carbocycles. The van der Waals surface area contributed by atoms with Crippen LogP contribution in [0.25, 0.3) is 10.9 Å². The van der Waals surface area contributed by atoms with Crippen molar-refractivity contribution < 1.29 is 36.2 Å². The topological polar surface area (TPSA) is 113 Å². The molecule has 0 spiro atoms. The number of nitrogens with zero attached hydrogens (tertiary/aromatic N) is 4. The number of pyridine rings is 2. The summed E-state index contributed by atoms with van der Waals surface area (Å²) < 4.78 is 67.8. The Bertz CT molecular complexity index is 1280. The Labute approximate surface area is 186 Å². The molecule has 1 aliphatic rings. The molecule has 1 N–H and O–H groups in total. The van der Waals surface area contributed by atoms with Gasteiger partial charge < -0.3 is 14.7 Å². The van der Waals surface area contributed by atoms with Crippen molar-refractivity contribution >= 4 is 32.7 Å². The summed E-state index contributed by atoms with van der Waals surface area (Å²) >= 11 is 0. The second-order valence-corrected chi connectivity index (χ2v) is 9.06. The highest BCUT2D eigenvalue weighted by Gasteiger charge is 2.41. The normalized spacial score (nSPS) is 17.8. The van der Waals surface area contributed by atoms with Crippen molar-refractivity contribution in [1.29, 1.82) is 0 Å². The second-order valence-electron chi connectivity index (χ2n) is 7.17. The highest BCUT2D eigenvalue weighted by molar-refractivity contribution is 7.89. The summed E-state index contributed by atoms with van der Waals surface area (Å²) in [6.07, 6.45) is -1.70. The minimum absolute atomic E-state index is 0.157. The summed E-state index contributed by atoms with van der Waals surface area (Å²) in [5, 5.41) is 10.5. The van der Waals surface area contributed by atoms with E-state index in [9.17, 15) is 31.5 Å². The summed E-state index contributed by atoms with van der Waals surface area (Å²) in [5.74, 6) is -1.45. The Hall–Kier alpha value is -3.45. The van der Waals surface area contributed by atoms with Gasteiger partial charge in [0.05, 0.1) is 10.4 Å². The highest BCUT2D eigenvalue weighted by Crippen LogP contribution is 2.28. The van der Waals surface area contributed by atoms with Gasteiger partial charge in [-0.3, -0.25) is 9.78 Å². The molecule has 0 bridgehead atoms. The van der Waals surface area contributed by atoms with Crippen LogP contribution < -0.4 is 9.64 Å². The van der Waals surface area contributed by atoms with E-state index in [4.69, 9.17) is 0 Å². The third-order valence-corrected chi connectivity index (χ3v) is 7.00. The van der Waals surface area contributed by atoms with E-state index >= 15 is 0 Å². The van der Waals surface area contributed by atoms with Crippen LogP contribution in [0.5, 0.6) is 5.75 Å². The highest BCUT2D eigenvalue weighted by atomic mass is 32.2. The standard InChI is InChI=1S/C20H17F3N4O5S/c21-20(22,23)32-14-2-4-15(5-3-14)33(30,31)27-10-9-26(12-17(27)19(28)29)18-6-1-13-11-24-8-7-16(13)25-18/h1-8,11,17H,9-10,12H2,(H,28,29)/t17-/m1/s1. The van der Waals surface area contributed by atoms with Crippen LogP contribution in [0.1, 0.15) is 0 Å². The molecule has 1 atom stereocenters. The molecule has 1 saturated heterocycles. The first kappa shape index (κ1) is 22.7. The fourth-order valence-electron chi connectivity index (χ4n) is 3.54. The van der Waals surface area contributed by atoms with Gasteiger partial charge in [-0.1, -0.05) is 0 Å². The molecule has 0 amide bonds. The van der Waals surface area contributed by atoms with Crippen LogP contribution in [-0.4, -0.2) is 65.8 Å². The van der Waals surface area contributed by atoms with Gasteiger partial charge in [0, 0.05) is 37.4 Å². The summed E-state index contributed by atoms with van der Waals surface area (Å²) in [6, 6.07) is 7.38. The molecule has 174 valence electrons. The Morgan fingerprint density at radius 3 is 2.48 bits per heavy atom. The van der Waals surface area contributed by atoms with E-state index in [-0.39, 0.29) is 24.5 Å². The van der Waals surface area contributed by atoms with Crippen LogP contribution in [0, 0.1) is 0 Å². The fourth-order valence-corrected chi connectivity index (χ4v) is 5.11. The Balaban J connectivity index is 1.57. The van der Waals surface area contributed by atoms with Crippen molar-refractivity contribution in [3.63, 3.8) is 0 Å². The van der Waals surface area contributed by atoms with Gasteiger partial charge in [0.2, 0.25) is 10.0 Å². The van der Waals surface area contributed by atoms with E-state index in [0.29, 0.717) is 11.3 Å². The van der Waals surface area contributed by atoms with Gasteiger partial charge in [-0.2, -0.15) is 4.31 Å². The van der Waals surface area contributed by atoms with Crippen molar-refractivity contribution in [3.05, 3.63) is 54.9 Å². The number of aliphatic carboxylic acids is 1. The molecule has 1 aliphatic heterocycles. The van der Waals surface area contributed by atoms with Gasteiger partial charge in [-0.05, 0) is 42.5 Å². The zero-order chi connectivity index (χ0) is 23.8. The number of sulfonamides is 1. The zero-order valence-corrected chi connectivity index (χ0v) is 17.6. The lowest BCUT2D eigenvalue weighted by Crippen LogP contribution is -2.58. The van der Waals surface area contributed by atoms with Gasteiger partial charge in [-0.15, -0.1) is 13.2 Å². The average Bonchev–Trinajstić information content (AvgIpc) is 2.77. The molecule has 13 heteroatoms. The molecule has 33 heavy (non-hydrogen) atoms. The maximum absolute atomic E-state index is 13.1. The molecule has 2 aromatic heterocycles. The first-order valence-corrected chi connectivity index (χ1v) is 11.0. The molecule has 0 unspecified atom stereocenters. The van der Waals surface area contributed by atoms with E-state index in [1.165, 1.54) is 0 Å². The maximum Gasteiger partial charge on any atom is 0.573 e. The smallest absolute Gasteiger partial charge is 0.480 e. The number of ether oxygens (including phenoxy) is 1. The Morgan fingerprint density at radius 1 is 1.09 bits per heavy atom. The SMILES string of the molecule is O=C(O)[C@H]1CN(c2ccc3cnccc3n2)CCN1S(=O)(=O)c1ccc(OC(F)(F)F)cc1. The zero-order valence-electron chi connectivity index (χ0n) is 16.8. The molecule has 3 aromatic rings. The molecule has 3 heterocycles. The summed E-state index contributed by atoms with van der Waals surface area (Å²) in [4.78, 5) is 21.8. The molecule has 4 rings (SSSR count). The number of hydrogen-bond acceptors (Lipinski definition) is 7. The van der Waals surface area contributed by atoms with Crippen molar-refractivity contribution in [3.8, 4) is 5.75 Å². The molecule has 9 nitrogen and oxygen atoms in total. The van der Waals surface area contributed by atoms with E-state index in [1.54, 1.807) is 35.5 Å². The van der Waals surface area contributed by atoms with Crippen LogP contribution in [0.4, 0.5) is 19.0 Å². The van der Waals surface area contributed by atoms with Crippen LogP contribution in [0.3, 0.4) is 0 Å². The first-order valence-electron chi connectivity index (χ1n) is 9.61. The monoisotopic (exact) mass is 482 g/mol. The van der Waals surface area contributed by atoms with Crippen molar-refractivity contribution in [1.82, 2.24) is 14.3 Å². The lowest BCUT2D eigenvalue weighted by atomic mass is 10.2. The van der Waals surface area contributed by atoms with Gasteiger partial charge in [0.25, 0.3) is 0 Å². The Kier molecular flexibility index (Phi) is 5.84. The number of carboxylic acid groups (broad SMARTS) is 1. The van der Waals surface area contributed by atoms with Crippen LogP contribution in [-0.2, 0) is 14.8 Å². The van der Waals surface area contributed by atoms with Gasteiger partial charge in [-0.25, -0.2) is 13.4 Å². The number of anilines is 1. The molecule has 1 aromatic carbocycles. The molecule has 0 radical (unpaired) electrons. The lowest BCUT2D eigenvalue weighted by molar-refractivity contribution is -0.274. The van der Waals surface area contributed by atoms with Crippen LogP contribution in [0.15, 0.2) is 59.8 Å². The summed E-state index contributed by atoms with van der Waals surface area (Å²) in [7, 11) is -4.30. The van der Waals surface area contributed by atoms with Crippen molar-refractivity contribution in [2.75, 3.05) is 24.5 Å². The van der Waals surface area contributed by atoms with Gasteiger partial charge in [0.1, 0.15) is 17.6 Å². The second kappa shape index (κ2) is 8.48. The van der Waals surface area contributed by atoms with E-state index in [2.05, 4.69) is 14.7 Å².